The van der Waals surface area contributed by atoms with Gasteiger partial charge in [-0.2, -0.15) is 4.31 Å². The lowest BCUT2D eigenvalue weighted by Gasteiger charge is -2.35. The summed E-state index contributed by atoms with van der Waals surface area (Å²) in [4.78, 5) is 27.7. The van der Waals surface area contributed by atoms with Gasteiger partial charge in [-0.05, 0) is 48.4 Å². The topological polar surface area (TPSA) is 96.0 Å². The molecule has 0 unspecified atom stereocenters. The summed E-state index contributed by atoms with van der Waals surface area (Å²) in [7, 11) is -2.52. The molecular formula is C26H26BrN3O5S. The second-order valence-electron chi connectivity index (χ2n) is 8.32. The maximum atomic E-state index is 13.3. The van der Waals surface area contributed by atoms with Gasteiger partial charge in [0.05, 0.1) is 23.7 Å². The maximum absolute atomic E-state index is 13.3. The lowest BCUT2D eigenvalue weighted by Crippen LogP contribution is -2.52. The van der Waals surface area contributed by atoms with Crippen molar-refractivity contribution in [3.05, 3.63) is 88.9 Å². The first-order valence-electron chi connectivity index (χ1n) is 11.4. The highest BCUT2D eigenvalue weighted by atomic mass is 79.9. The summed E-state index contributed by atoms with van der Waals surface area (Å²) in [6, 6.07) is 22.9. The SMILES string of the molecule is CN(CC(=O)N1C[C@H](C(=O)NCCc2ccccc2)Oc2ccccc21)S(=O)(=O)c1ccc(Br)cc1. The second-order valence-corrected chi connectivity index (χ2v) is 11.3. The van der Waals surface area contributed by atoms with Crippen LogP contribution in [-0.2, 0) is 26.0 Å². The fourth-order valence-corrected chi connectivity index (χ4v) is 5.23. The largest absolute Gasteiger partial charge is 0.477 e. The van der Waals surface area contributed by atoms with Crippen molar-refractivity contribution in [3.63, 3.8) is 0 Å². The third-order valence-corrected chi connectivity index (χ3v) is 8.15. The molecule has 1 aliphatic rings. The number of carbonyl (C=O) groups excluding carboxylic acids is 2. The van der Waals surface area contributed by atoms with Crippen LogP contribution in [0.15, 0.2) is 88.2 Å². The molecule has 36 heavy (non-hydrogen) atoms. The van der Waals surface area contributed by atoms with Crippen LogP contribution in [0.5, 0.6) is 5.75 Å². The van der Waals surface area contributed by atoms with E-state index in [2.05, 4.69) is 21.2 Å². The first kappa shape index (κ1) is 25.9. The number of rotatable bonds is 8. The van der Waals surface area contributed by atoms with Crippen molar-refractivity contribution in [2.45, 2.75) is 17.4 Å². The number of carbonyl (C=O) groups is 2. The van der Waals surface area contributed by atoms with Gasteiger partial charge in [-0.25, -0.2) is 8.42 Å². The second kappa shape index (κ2) is 11.2. The number of sulfonamides is 1. The fraction of sp³-hybridized carbons (Fsp3) is 0.231. The van der Waals surface area contributed by atoms with Crippen LogP contribution in [0.1, 0.15) is 5.56 Å². The van der Waals surface area contributed by atoms with Crippen molar-refractivity contribution >= 4 is 43.5 Å². The summed E-state index contributed by atoms with van der Waals surface area (Å²) < 4.78 is 33.6. The number of nitrogens with one attached hydrogen (secondary N) is 1. The molecule has 3 aromatic carbocycles. The van der Waals surface area contributed by atoms with Gasteiger partial charge in [-0.15, -0.1) is 0 Å². The van der Waals surface area contributed by atoms with Gasteiger partial charge in [0.2, 0.25) is 15.9 Å². The van der Waals surface area contributed by atoms with E-state index < -0.39 is 28.6 Å². The molecule has 0 aliphatic carbocycles. The standard InChI is InChI=1S/C26H26BrN3O5S/c1-29(36(33,34)21-13-11-20(27)12-14-21)18-25(31)30-17-24(35-23-10-6-5-9-22(23)30)26(32)28-16-15-19-7-3-2-4-8-19/h2-14,24H,15-18H2,1H3,(H,28,32)/t24-/m1/s1. The minimum Gasteiger partial charge on any atom is -0.477 e. The van der Waals surface area contributed by atoms with Crippen LogP contribution < -0.4 is 15.0 Å². The van der Waals surface area contributed by atoms with Crippen LogP contribution in [-0.4, -0.2) is 57.3 Å². The van der Waals surface area contributed by atoms with Gasteiger partial charge >= 0.3 is 0 Å². The van der Waals surface area contributed by atoms with Gasteiger partial charge in [0.1, 0.15) is 5.75 Å². The maximum Gasteiger partial charge on any atom is 0.262 e. The van der Waals surface area contributed by atoms with Crippen LogP contribution in [0.2, 0.25) is 0 Å². The van der Waals surface area contributed by atoms with E-state index in [0.717, 1.165) is 14.3 Å². The number of benzene rings is 3. The van der Waals surface area contributed by atoms with Gasteiger partial charge < -0.3 is 15.0 Å². The van der Waals surface area contributed by atoms with Crippen molar-refractivity contribution in [1.82, 2.24) is 9.62 Å². The number of ether oxygens (including phenoxy) is 1. The Morgan fingerprint density at radius 2 is 1.69 bits per heavy atom. The molecule has 188 valence electrons. The molecule has 2 amide bonds. The van der Waals surface area contributed by atoms with E-state index in [1.165, 1.54) is 24.1 Å². The molecule has 0 aromatic heterocycles. The quantitative estimate of drug-likeness (QED) is 0.448. The Kier molecular flexibility index (Phi) is 8.07. The monoisotopic (exact) mass is 571 g/mol. The molecule has 0 bridgehead atoms. The van der Waals surface area contributed by atoms with Crippen molar-refractivity contribution in [1.29, 1.82) is 0 Å². The zero-order valence-electron chi connectivity index (χ0n) is 19.6. The molecule has 0 spiro atoms. The van der Waals surface area contributed by atoms with Gasteiger partial charge in [-0.3, -0.25) is 9.59 Å². The third kappa shape index (κ3) is 5.95. The van der Waals surface area contributed by atoms with Crippen LogP contribution in [0.3, 0.4) is 0 Å². The lowest BCUT2D eigenvalue weighted by atomic mass is 10.1. The van der Waals surface area contributed by atoms with E-state index in [1.54, 1.807) is 36.4 Å². The molecule has 1 heterocycles. The zero-order valence-corrected chi connectivity index (χ0v) is 22.0. The van der Waals surface area contributed by atoms with Gasteiger partial charge in [0, 0.05) is 18.1 Å². The van der Waals surface area contributed by atoms with Crippen molar-refractivity contribution in [2.75, 3.05) is 31.6 Å². The molecule has 0 radical (unpaired) electrons. The van der Waals surface area contributed by atoms with Crippen molar-refractivity contribution in [3.8, 4) is 5.75 Å². The summed E-state index contributed by atoms with van der Waals surface area (Å²) in [5.74, 6) is -0.413. The normalized spacial score (nSPS) is 15.2. The third-order valence-electron chi connectivity index (χ3n) is 5.80. The molecular weight excluding hydrogens is 546 g/mol. The number of halogens is 1. The van der Waals surface area contributed by atoms with E-state index in [4.69, 9.17) is 4.74 Å². The van der Waals surface area contributed by atoms with E-state index in [1.807, 2.05) is 30.3 Å². The Labute approximate surface area is 219 Å². The summed E-state index contributed by atoms with van der Waals surface area (Å²) in [6.07, 6.45) is -0.259. The summed E-state index contributed by atoms with van der Waals surface area (Å²) >= 11 is 3.29. The van der Waals surface area contributed by atoms with Gasteiger partial charge in [0.15, 0.2) is 6.10 Å². The van der Waals surface area contributed by atoms with Crippen LogP contribution in [0.25, 0.3) is 0 Å². The fourth-order valence-electron chi connectivity index (χ4n) is 3.84. The van der Waals surface area contributed by atoms with E-state index in [9.17, 15) is 18.0 Å². The molecule has 1 N–H and O–H groups in total. The Balaban J connectivity index is 1.45. The molecule has 0 fully saturated rings. The predicted molar refractivity (Wildman–Crippen MR) is 140 cm³/mol. The Bertz CT molecular complexity index is 1330. The van der Waals surface area contributed by atoms with Crippen LogP contribution in [0.4, 0.5) is 5.69 Å². The summed E-state index contributed by atoms with van der Waals surface area (Å²) in [6.45, 7) is 0.000732. The number of hydrogen-bond donors (Lipinski definition) is 1. The average molecular weight is 572 g/mol. The van der Waals surface area contributed by atoms with E-state index in [0.29, 0.717) is 24.4 Å². The first-order valence-corrected chi connectivity index (χ1v) is 13.6. The Morgan fingerprint density at radius 1 is 1.03 bits per heavy atom. The molecule has 1 aliphatic heterocycles. The molecule has 3 aromatic rings. The lowest BCUT2D eigenvalue weighted by molar-refractivity contribution is -0.128. The number of nitrogens with zero attached hydrogens (tertiary/aromatic N) is 2. The number of fused-ring (bicyclic) bond motifs is 1. The Morgan fingerprint density at radius 3 is 2.42 bits per heavy atom. The smallest absolute Gasteiger partial charge is 0.262 e. The highest BCUT2D eigenvalue weighted by molar-refractivity contribution is 9.10. The average Bonchev–Trinajstić information content (AvgIpc) is 2.88. The number of para-hydroxylation sites is 2. The first-order chi connectivity index (χ1) is 17.3. The van der Waals surface area contributed by atoms with Crippen molar-refractivity contribution in [2.24, 2.45) is 0 Å². The number of amides is 2. The van der Waals surface area contributed by atoms with Crippen LogP contribution in [0, 0.1) is 0 Å². The highest BCUT2D eigenvalue weighted by Gasteiger charge is 2.35. The summed E-state index contributed by atoms with van der Waals surface area (Å²) in [5.41, 5.74) is 1.59. The van der Waals surface area contributed by atoms with Crippen molar-refractivity contribution < 1.29 is 22.7 Å². The molecule has 0 saturated heterocycles. The predicted octanol–water partition coefficient (Wildman–Crippen LogP) is 3.22. The minimum atomic E-state index is -3.88. The zero-order chi connectivity index (χ0) is 25.7. The van der Waals surface area contributed by atoms with E-state index in [-0.39, 0.29) is 17.3 Å². The summed E-state index contributed by atoms with van der Waals surface area (Å²) in [5, 5.41) is 2.87. The molecule has 10 heteroatoms. The van der Waals surface area contributed by atoms with E-state index >= 15 is 0 Å². The number of likely N-dealkylation sites (N-methyl/N-ethyl adjacent to an activating group) is 1. The van der Waals surface area contributed by atoms with Crippen LogP contribution >= 0.6 is 15.9 Å². The number of anilines is 1. The molecule has 4 rings (SSSR count). The molecule has 0 saturated carbocycles. The molecule has 1 atom stereocenters. The van der Waals surface area contributed by atoms with Gasteiger partial charge in [-0.1, -0.05) is 58.4 Å². The Hall–Kier alpha value is -3.21. The number of hydrogen-bond acceptors (Lipinski definition) is 5. The van der Waals surface area contributed by atoms with Gasteiger partial charge in [0.25, 0.3) is 5.91 Å². The minimum absolute atomic E-state index is 0.0286. The molecule has 8 nitrogen and oxygen atoms in total. The highest BCUT2D eigenvalue weighted by Crippen LogP contribution is 2.33.